The van der Waals surface area contributed by atoms with Crippen molar-refractivity contribution in [2.75, 3.05) is 0 Å². The van der Waals surface area contributed by atoms with Crippen LogP contribution in [0.3, 0.4) is 0 Å². The average molecular weight is 313 g/mol. The summed E-state index contributed by atoms with van der Waals surface area (Å²) in [5, 5.41) is 0. The lowest BCUT2D eigenvalue weighted by molar-refractivity contribution is -0.120. The number of rotatable bonds is 3. The number of halogens is 2. The molecule has 0 bridgehead atoms. The third-order valence-electron chi connectivity index (χ3n) is 4.72. The molecule has 0 heterocycles. The first kappa shape index (κ1) is 13.7. The molecular formula is C15H18BrFO. The monoisotopic (exact) mass is 312 g/mol. The van der Waals surface area contributed by atoms with E-state index in [9.17, 15) is 9.18 Å². The molecule has 1 aromatic carbocycles. The van der Waals surface area contributed by atoms with Gasteiger partial charge in [0.1, 0.15) is 11.6 Å². The summed E-state index contributed by atoms with van der Waals surface area (Å²) in [6.07, 6.45) is 0.301. The van der Waals surface area contributed by atoms with Crippen LogP contribution in [0.4, 0.5) is 4.39 Å². The highest BCUT2D eigenvalue weighted by Crippen LogP contribution is 2.68. The maximum atomic E-state index is 13.2. The van der Waals surface area contributed by atoms with Crippen molar-refractivity contribution in [2.45, 2.75) is 34.1 Å². The van der Waals surface area contributed by atoms with Gasteiger partial charge in [-0.2, -0.15) is 0 Å². The summed E-state index contributed by atoms with van der Waals surface area (Å²) in [5.74, 6) is -0.0215. The Labute approximate surface area is 116 Å². The molecule has 1 nitrogen and oxygen atoms in total. The lowest BCUT2D eigenvalue weighted by Crippen LogP contribution is -2.10. The Balaban J connectivity index is 2.17. The smallest absolute Gasteiger partial charge is 0.141 e. The maximum Gasteiger partial charge on any atom is 0.141 e. The molecule has 98 valence electrons. The first-order valence-electron chi connectivity index (χ1n) is 6.14. The number of carbonyl (C=O) groups excluding carboxylic acids is 1. The van der Waals surface area contributed by atoms with Crippen molar-refractivity contribution in [1.82, 2.24) is 0 Å². The largest absolute Gasteiger partial charge is 0.299 e. The van der Waals surface area contributed by atoms with Crippen LogP contribution >= 0.6 is 15.9 Å². The van der Waals surface area contributed by atoms with Gasteiger partial charge in [-0.05, 0) is 34.6 Å². The molecule has 1 fully saturated rings. The predicted octanol–water partition coefficient (Wildman–Crippen LogP) is 4.38. The molecule has 0 aliphatic heterocycles. The summed E-state index contributed by atoms with van der Waals surface area (Å²) in [4.78, 5) is 12.3. The van der Waals surface area contributed by atoms with Crippen LogP contribution in [0, 0.1) is 22.6 Å². The summed E-state index contributed by atoms with van der Waals surface area (Å²) in [6.45, 7) is 8.48. The molecule has 2 rings (SSSR count). The van der Waals surface area contributed by atoms with Gasteiger partial charge in [0.2, 0.25) is 0 Å². The topological polar surface area (TPSA) is 17.1 Å². The molecule has 0 atom stereocenters. The molecule has 0 amide bonds. The van der Waals surface area contributed by atoms with Gasteiger partial charge >= 0.3 is 0 Å². The Morgan fingerprint density at radius 2 is 1.83 bits per heavy atom. The van der Waals surface area contributed by atoms with E-state index in [0.717, 1.165) is 10.0 Å². The Bertz CT molecular complexity index is 491. The quantitative estimate of drug-likeness (QED) is 0.809. The van der Waals surface area contributed by atoms with Gasteiger partial charge in [-0.3, -0.25) is 4.79 Å². The molecule has 1 aliphatic rings. The summed E-state index contributed by atoms with van der Waals surface area (Å²) < 4.78 is 14.0. The number of hydrogen-bond donors (Lipinski definition) is 0. The molecule has 1 saturated carbocycles. The second-order valence-corrected chi connectivity index (χ2v) is 7.11. The molecule has 0 saturated heterocycles. The van der Waals surface area contributed by atoms with Gasteiger partial charge in [0.15, 0.2) is 0 Å². The lowest BCUT2D eigenvalue weighted by atomic mass is 10.0. The molecule has 3 heteroatoms. The van der Waals surface area contributed by atoms with Crippen molar-refractivity contribution in [1.29, 1.82) is 0 Å². The van der Waals surface area contributed by atoms with Gasteiger partial charge in [-0.1, -0.05) is 43.6 Å². The lowest BCUT2D eigenvalue weighted by Gasteiger charge is -2.05. The van der Waals surface area contributed by atoms with E-state index in [1.165, 1.54) is 12.1 Å². The standard InChI is InChI=1S/C15H18BrFO/c1-14(2)13(15(14,3)4)12(18)8-9-7-10(17)5-6-11(9)16/h5-7,13H,8H2,1-4H3. The minimum absolute atomic E-state index is 0.0455. The zero-order chi connectivity index (χ0) is 13.7. The fraction of sp³-hybridized carbons (Fsp3) is 0.533. The van der Waals surface area contributed by atoms with Crippen LogP contribution in [0.2, 0.25) is 0 Å². The summed E-state index contributed by atoms with van der Waals surface area (Å²) in [6, 6.07) is 4.48. The fourth-order valence-corrected chi connectivity index (χ4v) is 3.36. The van der Waals surface area contributed by atoms with E-state index < -0.39 is 0 Å². The van der Waals surface area contributed by atoms with E-state index in [1.54, 1.807) is 6.07 Å². The Hall–Kier alpha value is -0.700. The molecule has 0 aromatic heterocycles. The summed E-state index contributed by atoms with van der Waals surface area (Å²) in [5.41, 5.74) is 0.826. The van der Waals surface area contributed by atoms with E-state index in [4.69, 9.17) is 0 Å². The SMILES string of the molecule is CC1(C)C(C(=O)Cc2cc(F)ccc2Br)C1(C)C. The van der Waals surface area contributed by atoms with Crippen molar-refractivity contribution < 1.29 is 9.18 Å². The van der Waals surface area contributed by atoms with Crippen molar-refractivity contribution in [3.63, 3.8) is 0 Å². The van der Waals surface area contributed by atoms with Crippen molar-refractivity contribution in [3.8, 4) is 0 Å². The van der Waals surface area contributed by atoms with E-state index in [1.807, 2.05) is 0 Å². The van der Waals surface area contributed by atoms with Crippen LogP contribution in [0.15, 0.2) is 22.7 Å². The van der Waals surface area contributed by atoms with Crippen LogP contribution in [-0.4, -0.2) is 5.78 Å². The average Bonchev–Trinajstić information content (AvgIpc) is 2.63. The molecular weight excluding hydrogens is 295 g/mol. The molecule has 0 N–H and O–H groups in total. The fourth-order valence-electron chi connectivity index (χ4n) is 2.97. The predicted molar refractivity (Wildman–Crippen MR) is 73.9 cm³/mol. The number of ketones is 1. The Morgan fingerprint density at radius 1 is 1.28 bits per heavy atom. The van der Waals surface area contributed by atoms with E-state index in [2.05, 4.69) is 43.6 Å². The van der Waals surface area contributed by atoms with Gasteiger partial charge in [0.05, 0.1) is 0 Å². The number of benzene rings is 1. The highest BCUT2D eigenvalue weighted by Gasteiger charge is 2.67. The highest BCUT2D eigenvalue weighted by atomic mass is 79.9. The Morgan fingerprint density at radius 3 is 2.33 bits per heavy atom. The van der Waals surface area contributed by atoms with Crippen molar-refractivity contribution in [2.24, 2.45) is 16.7 Å². The number of carbonyl (C=O) groups is 1. The Kier molecular flexibility index (Phi) is 3.17. The molecule has 18 heavy (non-hydrogen) atoms. The van der Waals surface area contributed by atoms with Crippen molar-refractivity contribution >= 4 is 21.7 Å². The van der Waals surface area contributed by atoms with Crippen LogP contribution in [-0.2, 0) is 11.2 Å². The first-order valence-corrected chi connectivity index (χ1v) is 6.94. The third kappa shape index (κ3) is 2.03. The first-order chi connectivity index (χ1) is 8.18. The summed E-state index contributed by atoms with van der Waals surface area (Å²) >= 11 is 3.37. The zero-order valence-corrected chi connectivity index (χ0v) is 12.8. The number of hydrogen-bond acceptors (Lipinski definition) is 1. The van der Waals surface area contributed by atoms with E-state index in [-0.39, 0.29) is 28.3 Å². The van der Waals surface area contributed by atoms with Crippen LogP contribution < -0.4 is 0 Å². The molecule has 0 spiro atoms. The minimum atomic E-state index is -0.296. The van der Waals surface area contributed by atoms with Gasteiger partial charge in [0, 0.05) is 16.8 Å². The van der Waals surface area contributed by atoms with E-state index >= 15 is 0 Å². The van der Waals surface area contributed by atoms with Gasteiger partial charge in [-0.25, -0.2) is 4.39 Å². The zero-order valence-electron chi connectivity index (χ0n) is 11.2. The van der Waals surface area contributed by atoms with Gasteiger partial charge < -0.3 is 0 Å². The molecule has 1 aromatic rings. The van der Waals surface area contributed by atoms with Gasteiger partial charge in [-0.15, -0.1) is 0 Å². The summed E-state index contributed by atoms with van der Waals surface area (Å²) in [7, 11) is 0. The molecule has 0 unspecified atom stereocenters. The second-order valence-electron chi connectivity index (χ2n) is 6.26. The van der Waals surface area contributed by atoms with E-state index in [0.29, 0.717) is 6.42 Å². The number of Topliss-reactive ketones (excluding diaryl/α,β-unsaturated/α-hetero) is 1. The third-order valence-corrected chi connectivity index (χ3v) is 5.49. The minimum Gasteiger partial charge on any atom is -0.299 e. The van der Waals surface area contributed by atoms with Crippen molar-refractivity contribution in [3.05, 3.63) is 34.1 Å². The van der Waals surface area contributed by atoms with Gasteiger partial charge in [0.25, 0.3) is 0 Å². The highest BCUT2D eigenvalue weighted by molar-refractivity contribution is 9.10. The maximum absolute atomic E-state index is 13.2. The second kappa shape index (κ2) is 4.16. The van der Waals surface area contributed by atoms with Crippen LogP contribution in [0.1, 0.15) is 33.3 Å². The van der Waals surface area contributed by atoms with Crippen LogP contribution in [0.25, 0.3) is 0 Å². The van der Waals surface area contributed by atoms with Crippen LogP contribution in [0.5, 0.6) is 0 Å². The molecule has 1 aliphatic carbocycles. The normalized spacial score (nSPS) is 20.8. The molecule has 0 radical (unpaired) electrons.